The Bertz CT molecular complexity index is 961. The lowest BCUT2D eigenvalue weighted by Crippen LogP contribution is -2.14. The number of nitrogens with zero attached hydrogens (tertiary/aromatic N) is 2. The number of benzene rings is 2. The fourth-order valence-corrected chi connectivity index (χ4v) is 4.61. The second-order valence-corrected chi connectivity index (χ2v) is 8.97. The SMILES string of the molecule is O=S(=O)(Cc1ccc(Cl)cc1)Nc1nnc(CCCOc2ccccc2)s1. The largest absolute Gasteiger partial charge is 0.494 e. The minimum absolute atomic E-state index is 0.149. The molecule has 1 heterocycles. The van der Waals surface area contributed by atoms with E-state index in [1.807, 2.05) is 30.3 Å². The molecule has 0 amide bonds. The Morgan fingerprint density at radius 2 is 1.78 bits per heavy atom. The highest BCUT2D eigenvalue weighted by molar-refractivity contribution is 7.92. The van der Waals surface area contributed by atoms with Crippen LogP contribution < -0.4 is 9.46 Å². The first kappa shape index (κ1) is 19.6. The Kier molecular flexibility index (Phi) is 6.65. The van der Waals surface area contributed by atoms with Gasteiger partial charge in [-0.05, 0) is 36.2 Å². The molecule has 0 fully saturated rings. The fraction of sp³-hybridized carbons (Fsp3) is 0.222. The molecule has 1 aromatic heterocycles. The molecule has 3 rings (SSSR count). The Labute approximate surface area is 167 Å². The van der Waals surface area contributed by atoms with Crippen LogP contribution in [0.5, 0.6) is 5.75 Å². The van der Waals surface area contributed by atoms with Crippen molar-refractivity contribution in [3.63, 3.8) is 0 Å². The number of ether oxygens (including phenoxy) is 1. The van der Waals surface area contributed by atoms with E-state index in [0.29, 0.717) is 23.6 Å². The Morgan fingerprint density at radius 3 is 2.52 bits per heavy atom. The summed E-state index contributed by atoms with van der Waals surface area (Å²) < 4.78 is 32.6. The lowest BCUT2D eigenvalue weighted by atomic mass is 10.2. The van der Waals surface area contributed by atoms with Crippen LogP contribution in [-0.2, 0) is 22.2 Å². The van der Waals surface area contributed by atoms with E-state index in [9.17, 15) is 8.42 Å². The molecule has 2 aromatic carbocycles. The van der Waals surface area contributed by atoms with Gasteiger partial charge in [0.15, 0.2) is 0 Å². The summed E-state index contributed by atoms with van der Waals surface area (Å²) >= 11 is 7.04. The molecule has 0 atom stereocenters. The summed E-state index contributed by atoms with van der Waals surface area (Å²) in [6.07, 6.45) is 1.43. The van der Waals surface area contributed by atoms with Gasteiger partial charge in [-0.1, -0.05) is 53.3 Å². The number of hydrogen-bond donors (Lipinski definition) is 1. The molecule has 1 N–H and O–H groups in total. The van der Waals surface area contributed by atoms with E-state index >= 15 is 0 Å². The van der Waals surface area contributed by atoms with E-state index in [4.69, 9.17) is 16.3 Å². The number of nitrogens with one attached hydrogen (secondary N) is 1. The van der Waals surface area contributed by atoms with Crippen molar-refractivity contribution < 1.29 is 13.2 Å². The average Bonchev–Trinajstić information content (AvgIpc) is 3.08. The molecule has 9 heteroatoms. The van der Waals surface area contributed by atoms with Gasteiger partial charge in [0.05, 0.1) is 12.4 Å². The first-order valence-electron chi connectivity index (χ1n) is 8.25. The fourth-order valence-electron chi connectivity index (χ4n) is 2.30. The summed E-state index contributed by atoms with van der Waals surface area (Å²) in [5.74, 6) is 0.676. The molecule has 0 saturated carbocycles. The van der Waals surface area contributed by atoms with E-state index < -0.39 is 10.0 Å². The van der Waals surface area contributed by atoms with Crippen LogP contribution in [0.2, 0.25) is 5.02 Å². The van der Waals surface area contributed by atoms with Crippen molar-refractivity contribution in [2.24, 2.45) is 0 Å². The van der Waals surface area contributed by atoms with Gasteiger partial charge < -0.3 is 4.74 Å². The van der Waals surface area contributed by atoms with E-state index in [1.165, 1.54) is 11.3 Å². The van der Waals surface area contributed by atoms with Gasteiger partial charge in [-0.3, -0.25) is 4.72 Å². The van der Waals surface area contributed by atoms with Crippen molar-refractivity contribution in [1.82, 2.24) is 10.2 Å². The normalized spacial score (nSPS) is 11.3. The van der Waals surface area contributed by atoms with Crippen LogP contribution in [0.4, 0.5) is 5.13 Å². The van der Waals surface area contributed by atoms with Crippen LogP contribution >= 0.6 is 22.9 Å². The first-order chi connectivity index (χ1) is 13.0. The number of aromatic nitrogens is 2. The minimum Gasteiger partial charge on any atom is -0.494 e. The molecule has 3 aromatic rings. The Morgan fingerprint density at radius 1 is 1.04 bits per heavy atom. The van der Waals surface area contributed by atoms with Gasteiger partial charge in [0.25, 0.3) is 0 Å². The summed E-state index contributed by atoms with van der Waals surface area (Å²) in [5, 5.41) is 9.53. The third kappa shape index (κ3) is 6.50. The quantitative estimate of drug-likeness (QED) is 0.523. The predicted molar refractivity (Wildman–Crippen MR) is 108 cm³/mol. The maximum absolute atomic E-state index is 12.3. The number of para-hydroxylation sites is 1. The monoisotopic (exact) mass is 423 g/mol. The van der Waals surface area contributed by atoms with E-state index in [2.05, 4.69) is 14.9 Å². The Hall–Kier alpha value is -2.16. The van der Waals surface area contributed by atoms with Crippen molar-refractivity contribution in [3.05, 3.63) is 70.2 Å². The van der Waals surface area contributed by atoms with Gasteiger partial charge in [-0.2, -0.15) is 0 Å². The molecule has 0 aliphatic heterocycles. The molecule has 6 nitrogen and oxygen atoms in total. The molecule has 0 aliphatic carbocycles. The maximum atomic E-state index is 12.3. The molecule has 0 saturated heterocycles. The van der Waals surface area contributed by atoms with Gasteiger partial charge in [-0.15, -0.1) is 10.2 Å². The van der Waals surface area contributed by atoms with Crippen LogP contribution in [0.25, 0.3) is 0 Å². The van der Waals surface area contributed by atoms with Crippen LogP contribution in [-0.4, -0.2) is 25.2 Å². The molecule has 0 radical (unpaired) electrons. The van der Waals surface area contributed by atoms with Crippen molar-refractivity contribution in [1.29, 1.82) is 0 Å². The predicted octanol–water partition coefficient (Wildman–Crippen LogP) is 4.15. The number of rotatable bonds is 9. The lowest BCUT2D eigenvalue weighted by Gasteiger charge is -2.05. The first-order valence-corrected chi connectivity index (χ1v) is 11.1. The number of anilines is 1. The molecular formula is C18H18ClN3O3S2. The molecule has 0 bridgehead atoms. The molecule has 142 valence electrons. The highest BCUT2D eigenvalue weighted by Crippen LogP contribution is 2.20. The van der Waals surface area contributed by atoms with Crippen molar-refractivity contribution in [3.8, 4) is 5.75 Å². The van der Waals surface area contributed by atoms with Gasteiger partial charge >= 0.3 is 0 Å². The highest BCUT2D eigenvalue weighted by Gasteiger charge is 2.15. The van der Waals surface area contributed by atoms with Crippen LogP contribution in [0.1, 0.15) is 17.0 Å². The van der Waals surface area contributed by atoms with Gasteiger partial charge in [0.2, 0.25) is 15.2 Å². The molecule has 0 unspecified atom stereocenters. The Balaban J connectivity index is 1.47. The molecule has 0 aliphatic rings. The second kappa shape index (κ2) is 9.16. The lowest BCUT2D eigenvalue weighted by molar-refractivity contribution is 0.311. The summed E-state index contributed by atoms with van der Waals surface area (Å²) in [4.78, 5) is 0. The van der Waals surface area contributed by atoms with Crippen molar-refractivity contribution >= 4 is 38.1 Å². The number of aryl methyl sites for hydroxylation is 1. The van der Waals surface area contributed by atoms with E-state index in [0.717, 1.165) is 17.2 Å². The van der Waals surface area contributed by atoms with Crippen LogP contribution in [0.3, 0.4) is 0 Å². The summed E-state index contributed by atoms with van der Waals surface area (Å²) in [7, 11) is -3.56. The number of halogens is 1. The third-order valence-corrected chi connectivity index (χ3v) is 6.02. The second-order valence-electron chi connectivity index (χ2n) is 5.75. The summed E-state index contributed by atoms with van der Waals surface area (Å²) in [5.41, 5.74) is 0.648. The topological polar surface area (TPSA) is 81.2 Å². The highest BCUT2D eigenvalue weighted by atomic mass is 35.5. The summed E-state index contributed by atoms with van der Waals surface area (Å²) in [6, 6.07) is 16.3. The zero-order chi connectivity index (χ0) is 19.1. The van der Waals surface area contributed by atoms with Crippen LogP contribution in [0, 0.1) is 0 Å². The van der Waals surface area contributed by atoms with Crippen molar-refractivity contribution in [2.75, 3.05) is 11.3 Å². The van der Waals surface area contributed by atoms with Gasteiger partial charge in [0.1, 0.15) is 10.8 Å². The van der Waals surface area contributed by atoms with Crippen LogP contribution in [0.15, 0.2) is 54.6 Å². The van der Waals surface area contributed by atoms with E-state index in [-0.39, 0.29) is 10.9 Å². The van der Waals surface area contributed by atoms with E-state index in [1.54, 1.807) is 24.3 Å². The standard InChI is InChI=1S/C18H18ClN3O3S2/c19-15-10-8-14(9-11-15)13-27(23,24)22-18-21-20-17(26-18)7-4-12-25-16-5-2-1-3-6-16/h1-3,5-6,8-11H,4,7,12-13H2,(H,21,22). The van der Waals surface area contributed by atoms with Gasteiger partial charge in [-0.25, -0.2) is 8.42 Å². The van der Waals surface area contributed by atoms with Gasteiger partial charge in [0, 0.05) is 11.4 Å². The minimum atomic E-state index is -3.56. The van der Waals surface area contributed by atoms with Crippen molar-refractivity contribution in [2.45, 2.75) is 18.6 Å². The molecular weight excluding hydrogens is 406 g/mol. The number of hydrogen-bond acceptors (Lipinski definition) is 6. The molecule has 0 spiro atoms. The maximum Gasteiger partial charge on any atom is 0.238 e. The number of sulfonamides is 1. The average molecular weight is 424 g/mol. The third-order valence-electron chi connectivity index (χ3n) is 3.53. The zero-order valence-corrected chi connectivity index (χ0v) is 16.7. The summed E-state index contributed by atoms with van der Waals surface area (Å²) in [6.45, 7) is 0.557. The zero-order valence-electron chi connectivity index (χ0n) is 14.3. The smallest absolute Gasteiger partial charge is 0.238 e. The molecule has 27 heavy (non-hydrogen) atoms.